The van der Waals surface area contributed by atoms with Gasteiger partial charge in [-0.2, -0.15) is 11.3 Å². The molecule has 0 spiro atoms. The topological polar surface area (TPSA) is 12.0 Å². The summed E-state index contributed by atoms with van der Waals surface area (Å²) in [6.07, 6.45) is 0. The Kier molecular flexibility index (Phi) is 3.19. The Morgan fingerprint density at radius 1 is 1.25 bits per heavy atom. The van der Waals surface area contributed by atoms with Crippen LogP contribution in [0.3, 0.4) is 0 Å². The summed E-state index contributed by atoms with van der Waals surface area (Å²) >= 11 is 1.58. The number of halogens is 2. The van der Waals surface area contributed by atoms with Crippen LogP contribution in [0.5, 0.6) is 0 Å². The third kappa shape index (κ3) is 2.39. The lowest BCUT2D eigenvalue weighted by Crippen LogP contribution is -2.01. The third-order valence-electron chi connectivity index (χ3n) is 2.31. The van der Waals surface area contributed by atoms with Gasteiger partial charge in [-0.05, 0) is 40.9 Å². The van der Waals surface area contributed by atoms with Crippen molar-refractivity contribution in [1.29, 1.82) is 0 Å². The van der Waals surface area contributed by atoms with Gasteiger partial charge < -0.3 is 5.32 Å². The summed E-state index contributed by atoms with van der Waals surface area (Å²) < 4.78 is 26.7. The van der Waals surface area contributed by atoms with Crippen molar-refractivity contribution < 1.29 is 8.78 Å². The zero-order valence-electron chi connectivity index (χ0n) is 8.76. The molecule has 16 heavy (non-hydrogen) atoms. The minimum absolute atomic E-state index is 0.203. The van der Waals surface area contributed by atoms with Crippen molar-refractivity contribution in [1.82, 2.24) is 0 Å². The van der Waals surface area contributed by atoms with Crippen LogP contribution in [0.25, 0.3) is 0 Å². The summed E-state index contributed by atoms with van der Waals surface area (Å²) in [6.45, 7) is 2.05. The van der Waals surface area contributed by atoms with E-state index in [0.29, 0.717) is 12.1 Å². The molecule has 1 aromatic heterocycles. The van der Waals surface area contributed by atoms with Crippen LogP contribution in [-0.4, -0.2) is 0 Å². The molecule has 1 N–H and O–H groups in total. The zero-order chi connectivity index (χ0) is 11.5. The summed E-state index contributed by atoms with van der Waals surface area (Å²) in [5, 5.41) is 6.79. The number of aryl methyl sites for hydroxylation is 1. The molecule has 1 nitrogen and oxygen atoms in total. The Hall–Kier alpha value is -1.42. The van der Waals surface area contributed by atoms with Crippen molar-refractivity contribution in [2.24, 2.45) is 0 Å². The fourth-order valence-corrected chi connectivity index (χ4v) is 2.04. The molecule has 1 aromatic carbocycles. The maximum absolute atomic E-state index is 13.4. The Labute approximate surface area is 96.7 Å². The SMILES string of the molecule is Cc1cc(F)c(NCc2ccsc2)cc1F. The molecule has 0 aliphatic rings. The molecule has 0 atom stereocenters. The van der Waals surface area contributed by atoms with E-state index < -0.39 is 11.6 Å². The molecular weight excluding hydrogens is 228 g/mol. The van der Waals surface area contributed by atoms with Crippen molar-refractivity contribution in [2.75, 3.05) is 5.32 Å². The molecule has 0 aliphatic carbocycles. The van der Waals surface area contributed by atoms with Crippen LogP contribution in [0, 0.1) is 18.6 Å². The first-order chi connectivity index (χ1) is 7.66. The number of rotatable bonds is 3. The van der Waals surface area contributed by atoms with Crippen LogP contribution in [-0.2, 0) is 6.54 Å². The molecule has 0 bridgehead atoms. The third-order valence-corrected chi connectivity index (χ3v) is 3.04. The molecular formula is C12H11F2NS. The second-order valence-electron chi connectivity index (χ2n) is 3.57. The maximum Gasteiger partial charge on any atom is 0.146 e. The van der Waals surface area contributed by atoms with Gasteiger partial charge in [0.2, 0.25) is 0 Å². The van der Waals surface area contributed by atoms with Gasteiger partial charge in [-0.3, -0.25) is 0 Å². The van der Waals surface area contributed by atoms with Gasteiger partial charge in [0.15, 0.2) is 0 Å². The Morgan fingerprint density at radius 3 is 2.75 bits per heavy atom. The van der Waals surface area contributed by atoms with Crippen LogP contribution >= 0.6 is 11.3 Å². The van der Waals surface area contributed by atoms with Gasteiger partial charge in [0.25, 0.3) is 0 Å². The molecule has 0 radical (unpaired) electrons. The van der Waals surface area contributed by atoms with Crippen LogP contribution in [0.2, 0.25) is 0 Å². The van der Waals surface area contributed by atoms with Gasteiger partial charge in [0.1, 0.15) is 11.6 Å². The fourth-order valence-electron chi connectivity index (χ4n) is 1.37. The first kappa shape index (κ1) is 11.1. The highest BCUT2D eigenvalue weighted by atomic mass is 32.1. The van der Waals surface area contributed by atoms with E-state index in [1.165, 1.54) is 12.1 Å². The largest absolute Gasteiger partial charge is 0.378 e. The molecule has 0 saturated carbocycles. The maximum atomic E-state index is 13.4. The van der Waals surface area contributed by atoms with Crippen LogP contribution < -0.4 is 5.32 Å². The van der Waals surface area contributed by atoms with E-state index >= 15 is 0 Å². The van der Waals surface area contributed by atoms with Gasteiger partial charge >= 0.3 is 0 Å². The molecule has 0 amide bonds. The van der Waals surface area contributed by atoms with Crippen molar-refractivity contribution in [3.8, 4) is 0 Å². The van der Waals surface area contributed by atoms with Gasteiger partial charge in [-0.1, -0.05) is 0 Å². The number of thiophene rings is 1. The lowest BCUT2D eigenvalue weighted by Gasteiger charge is -2.07. The van der Waals surface area contributed by atoms with Gasteiger partial charge in [-0.15, -0.1) is 0 Å². The Balaban J connectivity index is 2.12. The minimum atomic E-state index is -0.422. The van der Waals surface area contributed by atoms with Crippen LogP contribution in [0.1, 0.15) is 11.1 Å². The molecule has 0 fully saturated rings. The predicted octanol–water partition coefficient (Wildman–Crippen LogP) is 3.95. The molecule has 0 aliphatic heterocycles. The summed E-state index contributed by atoms with van der Waals surface area (Å²) in [4.78, 5) is 0. The molecule has 2 rings (SSSR count). The van der Waals surface area contributed by atoms with Crippen molar-refractivity contribution in [3.05, 3.63) is 51.7 Å². The summed E-state index contributed by atoms with van der Waals surface area (Å²) in [7, 11) is 0. The van der Waals surface area contributed by atoms with E-state index in [0.717, 1.165) is 5.56 Å². The van der Waals surface area contributed by atoms with Gasteiger partial charge in [-0.25, -0.2) is 8.78 Å². The molecule has 0 unspecified atom stereocenters. The number of hydrogen-bond acceptors (Lipinski definition) is 2. The average Bonchev–Trinajstić information content (AvgIpc) is 2.74. The fraction of sp³-hybridized carbons (Fsp3) is 0.167. The highest BCUT2D eigenvalue weighted by Crippen LogP contribution is 2.19. The Bertz CT molecular complexity index is 480. The quantitative estimate of drug-likeness (QED) is 0.855. The summed E-state index contributed by atoms with van der Waals surface area (Å²) in [6, 6.07) is 4.34. The van der Waals surface area contributed by atoms with E-state index in [4.69, 9.17) is 0 Å². The lowest BCUT2D eigenvalue weighted by molar-refractivity contribution is 0.594. The van der Waals surface area contributed by atoms with Gasteiger partial charge in [0, 0.05) is 12.6 Å². The van der Waals surface area contributed by atoms with Crippen LogP contribution in [0.15, 0.2) is 29.0 Å². The summed E-state index contributed by atoms with van der Waals surface area (Å²) in [5.41, 5.74) is 1.58. The highest BCUT2D eigenvalue weighted by Gasteiger charge is 2.06. The Morgan fingerprint density at radius 2 is 2.06 bits per heavy atom. The second-order valence-corrected chi connectivity index (χ2v) is 4.35. The minimum Gasteiger partial charge on any atom is -0.378 e. The van der Waals surface area contributed by atoms with E-state index in [9.17, 15) is 8.78 Å². The number of anilines is 1. The normalized spacial score (nSPS) is 10.4. The predicted molar refractivity (Wildman–Crippen MR) is 62.7 cm³/mol. The van der Waals surface area contributed by atoms with E-state index in [1.807, 2.05) is 16.8 Å². The van der Waals surface area contributed by atoms with E-state index in [1.54, 1.807) is 18.3 Å². The molecule has 4 heteroatoms. The highest BCUT2D eigenvalue weighted by molar-refractivity contribution is 7.07. The monoisotopic (exact) mass is 239 g/mol. The number of nitrogens with one attached hydrogen (secondary N) is 1. The zero-order valence-corrected chi connectivity index (χ0v) is 9.57. The van der Waals surface area contributed by atoms with Crippen molar-refractivity contribution in [2.45, 2.75) is 13.5 Å². The molecule has 84 valence electrons. The van der Waals surface area contributed by atoms with Gasteiger partial charge in [0.05, 0.1) is 5.69 Å². The molecule has 1 heterocycles. The van der Waals surface area contributed by atoms with E-state index in [-0.39, 0.29) is 5.69 Å². The summed E-state index contributed by atoms with van der Waals surface area (Å²) in [5.74, 6) is -0.816. The second kappa shape index (κ2) is 4.61. The first-order valence-corrected chi connectivity index (χ1v) is 5.81. The average molecular weight is 239 g/mol. The number of benzene rings is 1. The van der Waals surface area contributed by atoms with Crippen molar-refractivity contribution >= 4 is 17.0 Å². The standard InChI is InChI=1S/C12H11F2NS/c1-8-4-11(14)12(5-10(8)13)15-6-9-2-3-16-7-9/h2-5,7,15H,6H2,1H3. The van der Waals surface area contributed by atoms with Crippen molar-refractivity contribution in [3.63, 3.8) is 0 Å². The number of hydrogen-bond donors (Lipinski definition) is 1. The molecule has 0 saturated heterocycles. The first-order valence-electron chi connectivity index (χ1n) is 4.87. The smallest absolute Gasteiger partial charge is 0.146 e. The van der Waals surface area contributed by atoms with Crippen LogP contribution in [0.4, 0.5) is 14.5 Å². The lowest BCUT2D eigenvalue weighted by atomic mass is 10.2. The van der Waals surface area contributed by atoms with E-state index in [2.05, 4.69) is 5.32 Å². The molecule has 2 aromatic rings.